The number of anilines is 1. The highest BCUT2D eigenvalue weighted by Crippen LogP contribution is 2.14. The number of nitrogens with one attached hydrogen (secondary N) is 1. The summed E-state index contributed by atoms with van der Waals surface area (Å²) in [5.41, 5.74) is 0.633. The van der Waals surface area contributed by atoms with Gasteiger partial charge in [0.2, 0.25) is 5.91 Å². The predicted octanol–water partition coefficient (Wildman–Crippen LogP) is 1.04. The molecule has 0 heterocycles. The summed E-state index contributed by atoms with van der Waals surface area (Å²) in [7, 11) is -4.24. The van der Waals surface area contributed by atoms with Crippen LogP contribution in [0.4, 0.5) is 5.69 Å². The zero-order chi connectivity index (χ0) is 13.8. The molecule has 0 aromatic heterocycles. The highest BCUT2D eigenvalue weighted by molar-refractivity contribution is 7.85. The number of carbonyl (C=O) groups excluding carboxylic acids is 2. The standard InChI is InChI=1S/C11H11NO5S/c1-8(7-13)6-11(14)12-9-2-4-10(5-3-9)18(15,16)17/h2-5H,6H2,1H3,(H,12,14)(H,15,16,17). The number of benzene rings is 1. The Morgan fingerprint density at radius 1 is 1.33 bits per heavy atom. The second kappa shape index (κ2) is 5.59. The molecule has 0 saturated heterocycles. The first-order valence-electron chi connectivity index (χ1n) is 4.91. The van der Waals surface area contributed by atoms with Gasteiger partial charge >= 0.3 is 0 Å². The first-order valence-corrected chi connectivity index (χ1v) is 6.35. The molecule has 6 nitrogen and oxygen atoms in total. The van der Waals surface area contributed by atoms with Crippen molar-refractivity contribution in [1.82, 2.24) is 0 Å². The van der Waals surface area contributed by atoms with E-state index in [1.807, 2.05) is 0 Å². The van der Waals surface area contributed by atoms with Crippen LogP contribution in [0.15, 0.2) is 34.7 Å². The molecule has 1 aromatic rings. The molecule has 18 heavy (non-hydrogen) atoms. The zero-order valence-corrected chi connectivity index (χ0v) is 10.3. The first-order chi connectivity index (χ1) is 8.32. The van der Waals surface area contributed by atoms with Crippen LogP contribution in [0.2, 0.25) is 0 Å². The monoisotopic (exact) mass is 269 g/mol. The Morgan fingerprint density at radius 3 is 2.33 bits per heavy atom. The van der Waals surface area contributed by atoms with Crippen LogP contribution < -0.4 is 5.32 Å². The lowest BCUT2D eigenvalue weighted by atomic mass is 10.2. The second-order valence-electron chi connectivity index (χ2n) is 3.61. The molecule has 0 aliphatic heterocycles. The van der Waals surface area contributed by atoms with Crippen LogP contribution in [0.5, 0.6) is 0 Å². The molecule has 0 unspecified atom stereocenters. The maximum absolute atomic E-state index is 11.4. The average molecular weight is 269 g/mol. The van der Waals surface area contributed by atoms with Crippen LogP contribution in [-0.2, 0) is 19.7 Å². The van der Waals surface area contributed by atoms with Gasteiger partial charge in [0.15, 0.2) is 0 Å². The van der Waals surface area contributed by atoms with Crippen LogP contribution in [0.1, 0.15) is 13.3 Å². The van der Waals surface area contributed by atoms with Crippen molar-refractivity contribution < 1.29 is 22.6 Å². The molecule has 2 N–H and O–H groups in total. The molecule has 1 aromatic carbocycles. The number of amides is 1. The third kappa shape index (κ3) is 4.14. The highest BCUT2D eigenvalue weighted by Gasteiger charge is 2.09. The Morgan fingerprint density at radius 2 is 1.89 bits per heavy atom. The van der Waals surface area contributed by atoms with Gasteiger partial charge in [-0.15, -0.1) is 0 Å². The summed E-state index contributed by atoms with van der Waals surface area (Å²) in [6, 6.07) is 4.99. The molecule has 0 fully saturated rings. The van der Waals surface area contributed by atoms with E-state index in [-0.39, 0.29) is 16.9 Å². The summed E-state index contributed by atoms with van der Waals surface area (Å²) in [5.74, 6) is 1.20. The maximum atomic E-state index is 11.4. The van der Waals surface area contributed by atoms with E-state index in [1.165, 1.54) is 19.1 Å². The lowest BCUT2D eigenvalue weighted by Crippen LogP contribution is -2.11. The SMILES string of the molecule is CC(=C=O)CC(=O)Nc1ccc(S(=O)(=O)O)cc1. The van der Waals surface area contributed by atoms with Crippen molar-refractivity contribution >= 4 is 27.7 Å². The van der Waals surface area contributed by atoms with Gasteiger partial charge in [-0.2, -0.15) is 8.42 Å². The van der Waals surface area contributed by atoms with E-state index in [9.17, 15) is 18.0 Å². The molecule has 1 rings (SSSR count). The lowest BCUT2D eigenvalue weighted by Gasteiger charge is -2.04. The zero-order valence-electron chi connectivity index (χ0n) is 9.50. The number of hydrogen-bond donors (Lipinski definition) is 2. The Hall–Kier alpha value is -1.95. The fraction of sp³-hybridized carbons (Fsp3) is 0.182. The average Bonchev–Trinajstić information content (AvgIpc) is 2.28. The molecule has 0 aliphatic carbocycles. The van der Waals surface area contributed by atoms with Gasteiger partial charge < -0.3 is 5.32 Å². The molecule has 96 valence electrons. The summed E-state index contributed by atoms with van der Waals surface area (Å²) in [4.78, 5) is 21.3. The Balaban J connectivity index is 2.76. The molecule has 0 radical (unpaired) electrons. The van der Waals surface area contributed by atoms with Crippen LogP contribution in [0, 0.1) is 0 Å². The van der Waals surface area contributed by atoms with E-state index >= 15 is 0 Å². The molecule has 0 bridgehead atoms. The van der Waals surface area contributed by atoms with E-state index in [2.05, 4.69) is 5.32 Å². The Labute approximate surface area is 104 Å². The van der Waals surface area contributed by atoms with Gasteiger partial charge in [-0.25, -0.2) is 4.79 Å². The summed E-state index contributed by atoms with van der Waals surface area (Å²) >= 11 is 0. The number of carbonyl (C=O) groups is 1. The third-order valence-electron chi connectivity index (χ3n) is 2.04. The van der Waals surface area contributed by atoms with Crippen molar-refractivity contribution in [2.45, 2.75) is 18.2 Å². The van der Waals surface area contributed by atoms with Gasteiger partial charge in [-0.3, -0.25) is 9.35 Å². The van der Waals surface area contributed by atoms with Crippen LogP contribution >= 0.6 is 0 Å². The van der Waals surface area contributed by atoms with Gasteiger partial charge in [-0.05, 0) is 31.2 Å². The van der Waals surface area contributed by atoms with Crippen LogP contribution in [0.25, 0.3) is 0 Å². The molecular formula is C11H11NO5S. The smallest absolute Gasteiger partial charge is 0.294 e. The minimum absolute atomic E-state index is 0.0798. The second-order valence-corrected chi connectivity index (χ2v) is 5.03. The van der Waals surface area contributed by atoms with E-state index < -0.39 is 16.0 Å². The predicted molar refractivity (Wildman–Crippen MR) is 64.4 cm³/mol. The topological polar surface area (TPSA) is 101 Å². The normalized spacial score (nSPS) is 10.6. The number of rotatable bonds is 4. The summed E-state index contributed by atoms with van der Waals surface area (Å²) in [6.07, 6.45) is -0.0798. The van der Waals surface area contributed by atoms with Gasteiger partial charge in [0.25, 0.3) is 10.1 Å². The first kappa shape index (κ1) is 14.1. The largest absolute Gasteiger partial charge is 0.326 e. The fourth-order valence-corrected chi connectivity index (χ4v) is 1.67. The minimum Gasteiger partial charge on any atom is -0.326 e. The van der Waals surface area contributed by atoms with Gasteiger partial charge in [0.1, 0.15) is 5.94 Å². The van der Waals surface area contributed by atoms with Crippen molar-refractivity contribution in [3.8, 4) is 0 Å². The van der Waals surface area contributed by atoms with Crippen molar-refractivity contribution in [3.63, 3.8) is 0 Å². The quantitative estimate of drug-likeness (QED) is 0.628. The molecule has 0 saturated carbocycles. The summed E-state index contributed by atoms with van der Waals surface area (Å²) in [5, 5.41) is 2.47. The highest BCUT2D eigenvalue weighted by atomic mass is 32.2. The molecular weight excluding hydrogens is 258 g/mol. The van der Waals surface area contributed by atoms with E-state index in [0.717, 1.165) is 12.1 Å². The van der Waals surface area contributed by atoms with Crippen molar-refractivity contribution in [2.75, 3.05) is 5.32 Å². The van der Waals surface area contributed by atoms with Crippen LogP contribution in [0.3, 0.4) is 0 Å². The number of hydrogen-bond acceptors (Lipinski definition) is 4. The van der Waals surface area contributed by atoms with E-state index in [4.69, 9.17) is 4.55 Å². The van der Waals surface area contributed by atoms with Crippen molar-refractivity contribution in [2.24, 2.45) is 0 Å². The molecule has 0 spiro atoms. The molecule has 1 amide bonds. The van der Waals surface area contributed by atoms with Crippen molar-refractivity contribution in [3.05, 3.63) is 29.8 Å². The van der Waals surface area contributed by atoms with Gasteiger partial charge in [-0.1, -0.05) is 0 Å². The van der Waals surface area contributed by atoms with Gasteiger partial charge in [0.05, 0.1) is 11.3 Å². The lowest BCUT2D eigenvalue weighted by molar-refractivity contribution is -0.115. The fourth-order valence-electron chi connectivity index (χ4n) is 1.19. The maximum Gasteiger partial charge on any atom is 0.294 e. The van der Waals surface area contributed by atoms with E-state index in [0.29, 0.717) is 5.69 Å². The van der Waals surface area contributed by atoms with Crippen LogP contribution in [-0.4, -0.2) is 24.8 Å². The Kier molecular flexibility index (Phi) is 4.38. The van der Waals surface area contributed by atoms with Crippen molar-refractivity contribution in [1.29, 1.82) is 0 Å². The summed E-state index contributed by atoms with van der Waals surface area (Å²) in [6.45, 7) is 1.48. The molecule has 0 atom stereocenters. The summed E-state index contributed by atoms with van der Waals surface area (Å²) < 4.78 is 30.3. The molecule has 0 aliphatic rings. The minimum atomic E-state index is -4.24. The van der Waals surface area contributed by atoms with E-state index in [1.54, 1.807) is 5.94 Å². The third-order valence-corrected chi connectivity index (χ3v) is 2.90. The Bertz CT molecular complexity index is 597. The molecule has 7 heteroatoms. The van der Waals surface area contributed by atoms with Gasteiger partial charge in [0, 0.05) is 11.3 Å².